The van der Waals surface area contributed by atoms with E-state index in [4.69, 9.17) is 0 Å². The van der Waals surface area contributed by atoms with Gasteiger partial charge in [-0.25, -0.2) is 0 Å². The first-order chi connectivity index (χ1) is 13.7. The van der Waals surface area contributed by atoms with Gasteiger partial charge in [0.15, 0.2) is 0 Å². The van der Waals surface area contributed by atoms with Crippen LogP contribution in [0.15, 0.2) is 30.3 Å². The van der Waals surface area contributed by atoms with Crippen molar-refractivity contribution in [3.8, 4) is 0 Å². The van der Waals surface area contributed by atoms with Crippen molar-refractivity contribution in [2.75, 3.05) is 32.7 Å². The summed E-state index contributed by atoms with van der Waals surface area (Å²) < 4.78 is 0. The zero-order valence-electron chi connectivity index (χ0n) is 17.2. The van der Waals surface area contributed by atoms with Gasteiger partial charge >= 0.3 is 0 Å². The van der Waals surface area contributed by atoms with E-state index in [0.29, 0.717) is 12.3 Å². The van der Waals surface area contributed by atoms with Gasteiger partial charge in [-0.3, -0.25) is 14.5 Å². The van der Waals surface area contributed by atoms with Crippen molar-refractivity contribution in [1.29, 1.82) is 0 Å². The van der Waals surface area contributed by atoms with Crippen LogP contribution in [0.4, 0.5) is 0 Å². The molecule has 28 heavy (non-hydrogen) atoms. The Bertz CT molecular complexity index is 628. The van der Waals surface area contributed by atoms with E-state index in [2.05, 4.69) is 27.2 Å². The molecule has 2 amide bonds. The SMILES string of the molecule is CCCC(=O)NCC1CCCN(C(C(=O)N2CCCCC2)c2ccccc2)C1. The topological polar surface area (TPSA) is 52.7 Å². The molecule has 2 fully saturated rings. The molecule has 2 atom stereocenters. The minimum atomic E-state index is -0.201. The van der Waals surface area contributed by atoms with Crippen molar-refractivity contribution in [3.05, 3.63) is 35.9 Å². The molecule has 2 aliphatic heterocycles. The van der Waals surface area contributed by atoms with Gasteiger partial charge in [0.05, 0.1) is 0 Å². The first-order valence-corrected chi connectivity index (χ1v) is 11.0. The first kappa shape index (κ1) is 20.8. The van der Waals surface area contributed by atoms with Crippen molar-refractivity contribution in [1.82, 2.24) is 15.1 Å². The van der Waals surface area contributed by atoms with Gasteiger partial charge in [0.25, 0.3) is 0 Å². The van der Waals surface area contributed by atoms with E-state index < -0.39 is 0 Å². The van der Waals surface area contributed by atoms with Crippen LogP contribution in [-0.4, -0.2) is 54.3 Å². The van der Waals surface area contributed by atoms with Crippen LogP contribution < -0.4 is 5.32 Å². The third-order valence-corrected chi connectivity index (χ3v) is 6.00. The summed E-state index contributed by atoms with van der Waals surface area (Å²) in [7, 11) is 0. The molecule has 1 aromatic rings. The number of carbonyl (C=O) groups is 2. The highest BCUT2D eigenvalue weighted by molar-refractivity contribution is 5.83. The second-order valence-corrected chi connectivity index (χ2v) is 8.26. The average Bonchev–Trinajstić information content (AvgIpc) is 2.74. The molecule has 0 saturated carbocycles. The number of nitrogens with zero attached hydrogens (tertiary/aromatic N) is 2. The number of carbonyl (C=O) groups excluding carboxylic acids is 2. The van der Waals surface area contributed by atoms with Crippen LogP contribution in [0.5, 0.6) is 0 Å². The molecule has 0 aromatic heterocycles. The van der Waals surface area contributed by atoms with Crippen molar-refractivity contribution < 1.29 is 9.59 Å². The molecule has 0 aliphatic carbocycles. The molecule has 2 unspecified atom stereocenters. The fourth-order valence-electron chi connectivity index (χ4n) is 4.50. The van der Waals surface area contributed by atoms with Crippen molar-refractivity contribution in [2.24, 2.45) is 5.92 Å². The Hall–Kier alpha value is -1.88. The van der Waals surface area contributed by atoms with Gasteiger partial charge in [-0.05, 0) is 56.6 Å². The Kier molecular flexibility index (Phi) is 7.90. The molecule has 2 aliphatic rings. The fourth-order valence-corrected chi connectivity index (χ4v) is 4.50. The average molecular weight is 386 g/mol. The Balaban J connectivity index is 1.70. The maximum absolute atomic E-state index is 13.5. The van der Waals surface area contributed by atoms with Crippen LogP contribution >= 0.6 is 0 Å². The van der Waals surface area contributed by atoms with E-state index in [1.165, 1.54) is 6.42 Å². The molecule has 154 valence electrons. The van der Waals surface area contributed by atoms with E-state index >= 15 is 0 Å². The van der Waals surface area contributed by atoms with Crippen molar-refractivity contribution in [2.45, 2.75) is 57.9 Å². The first-order valence-electron chi connectivity index (χ1n) is 11.0. The van der Waals surface area contributed by atoms with Crippen molar-refractivity contribution >= 4 is 11.8 Å². The van der Waals surface area contributed by atoms with Crippen LogP contribution in [0, 0.1) is 5.92 Å². The van der Waals surface area contributed by atoms with E-state index in [9.17, 15) is 9.59 Å². The molecule has 2 heterocycles. The molecule has 5 nitrogen and oxygen atoms in total. The maximum atomic E-state index is 13.5. The number of benzene rings is 1. The summed E-state index contributed by atoms with van der Waals surface area (Å²) in [5.74, 6) is 0.806. The number of nitrogens with one attached hydrogen (secondary N) is 1. The van der Waals surface area contributed by atoms with Gasteiger partial charge in [-0.2, -0.15) is 0 Å². The summed E-state index contributed by atoms with van der Waals surface area (Å²) >= 11 is 0. The Morgan fingerprint density at radius 2 is 1.82 bits per heavy atom. The zero-order valence-corrected chi connectivity index (χ0v) is 17.2. The lowest BCUT2D eigenvalue weighted by atomic mass is 9.93. The minimum Gasteiger partial charge on any atom is -0.356 e. The fraction of sp³-hybridized carbons (Fsp3) is 0.652. The van der Waals surface area contributed by atoms with Gasteiger partial charge in [-0.15, -0.1) is 0 Å². The van der Waals surface area contributed by atoms with Crippen LogP contribution in [0.1, 0.15) is 63.5 Å². The summed E-state index contributed by atoms with van der Waals surface area (Å²) in [4.78, 5) is 29.7. The number of piperidine rings is 2. The molecule has 1 aromatic carbocycles. The van der Waals surface area contributed by atoms with Gasteiger partial charge in [0.2, 0.25) is 11.8 Å². The highest BCUT2D eigenvalue weighted by Crippen LogP contribution is 2.29. The standard InChI is InChI=1S/C23H35N3O2/c1-2-10-21(27)24-17-19-11-9-16-26(18-19)22(20-12-5-3-6-13-20)23(28)25-14-7-4-8-15-25/h3,5-6,12-13,19,22H,2,4,7-11,14-18H2,1H3,(H,24,27). The molecule has 0 spiro atoms. The second kappa shape index (κ2) is 10.6. The zero-order chi connectivity index (χ0) is 19.8. The van der Waals surface area contributed by atoms with Crippen LogP contribution in [0.3, 0.4) is 0 Å². The molecule has 5 heteroatoms. The summed E-state index contributed by atoms with van der Waals surface area (Å²) in [5.41, 5.74) is 1.09. The molecular formula is C23H35N3O2. The highest BCUT2D eigenvalue weighted by atomic mass is 16.2. The summed E-state index contributed by atoms with van der Waals surface area (Å²) in [6.45, 7) is 6.32. The maximum Gasteiger partial charge on any atom is 0.244 e. The molecule has 0 radical (unpaired) electrons. The Morgan fingerprint density at radius 3 is 2.54 bits per heavy atom. The third-order valence-electron chi connectivity index (χ3n) is 6.00. The predicted molar refractivity (Wildman–Crippen MR) is 112 cm³/mol. The van der Waals surface area contributed by atoms with E-state index in [1.807, 2.05) is 25.1 Å². The highest BCUT2D eigenvalue weighted by Gasteiger charge is 2.34. The smallest absolute Gasteiger partial charge is 0.244 e. The molecule has 0 bridgehead atoms. The van der Waals surface area contributed by atoms with Gasteiger partial charge in [0.1, 0.15) is 6.04 Å². The summed E-state index contributed by atoms with van der Waals surface area (Å²) in [6.07, 6.45) is 7.11. The van der Waals surface area contributed by atoms with E-state index in [0.717, 1.165) is 70.4 Å². The van der Waals surface area contributed by atoms with Crippen LogP contribution in [0.25, 0.3) is 0 Å². The van der Waals surface area contributed by atoms with Crippen molar-refractivity contribution in [3.63, 3.8) is 0 Å². The Labute approximate surface area is 169 Å². The number of likely N-dealkylation sites (tertiary alicyclic amines) is 2. The number of hydrogen-bond donors (Lipinski definition) is 1. The van der Waals surface area contributed by atoms with Gasteiger partial charge < -0.3 is 10.2 Å². The second-order valence-electron chi connectivity index (χ2n) is 8.26. The monoisotopic (exact) mass is 385 g/mol. The van der Waals surface area contributed by atoms with Gasteiger partial charge in [-0.1, -0.05) is 37.3 Å². The molecule has 1 N–H and O–H groups in total. The largest absolute Gasteiger partial charge is 0.356 e. The normalized spacial score (nSPS) is 21.9. The van der Waals surface area contributed by atoms with Crippen LogP contribution in [0.2, 0.25) is 0 Å². The Morgan fingerprint density at radius 1 is 1.07 bits per heavy atom. The quantitative estimate of drug-likeness (QED) is 0.783. The molecule has 2 saturated heterocycles. The number of rotatable bonds is 7. The molecule has 3 rings (SSSR count). The lowest BCUT2D eigenvalue weighted by Gasteiger charge is -2.40. The number of hydrogen-bond acceptors (Lipinski definition) is 3. The third kappa shape index (κ3) is 5.57. The molecular weight excluding hydrogens is 350 g/mol. The summed E-state index contributed by atoms with van der Waals surface area (Å²) in [5, 5.41) is 3.08. The van der Waals surface area contributed by atoms with E-state index in [-0.39, 0.29) is 17.9 Å². The lowest BCUT2D eigenvalue weighted by Crippen LogP contribution is -2.49. The van der Waals surface area contributed by atoms with Gasteiger partial charge in [0, 0.05) is 32.6 Å². The van der Waals surface area contributed by atoms with Crippen LogP contribution in [-0.2, 0) is 9.59 Å². The predicted octanol–water partition coefficient (Wildman–Crippen LogP) is 3.37. The van der Waals surface area contributed by atoms with E-state index in [1.54, 1.807) is 0 Å². The number of amides is 2. The summed E-state index contributed by atoms with van der Waals surface area (Å²) in [6, 6.07) is 10.0. The lowest BCUT2D eigenvalue weighted by molar-refractivity contribution is -0.139. The minimum absolute atomic E-state index is 0.142.